The molecule has 28 heavy (non-hydrogen) atoms. The summed E-state index contributed by atoms with van der Waals surface area (Å²) in [5.41, 5.74) is 1.90. The van der Waals surface area contributed by atoms with Gasteiger partial charge < -0.3 is 0 Å². The Balaban J connectivity index is 1.67. The van der Waals surface area contributed by atoms with Crippen LogP contribution in [0.25, 0.3) is 11.4 Å². The van der Waals surface area contributed by atoms with Crippen LogP contribution in [0.3, 0.4) is 0 Å². The molecule has 0 radical (unpaired) electrons. The van der Waals surface area contributed by atoms with Crippen LogP contribution < -0.4 is 0 Å². The van der Waals surface area contributed by atoms with Gasteiger partial charge in [-0.15, -0.1) is 10.2 Å². The SMILES string of the molecule is Fc1ccc(CSc2nnc(-c3ccc(Cl)cc3Cl)n2C2CCCCC2)cc1. The predicted molar refractivity (Wildman–Crippen MR) is 114 cm³/mol. The van der Waals surface area contributed by atoms with E-state index >= 15 is 0 Å². The van der Waals surface area contributed by atoms with Crippen molar-refractivity contribution in [2.75, 3.05) is 0 Å². The minimum atomic E-state index is -0.223. The third kappa shape index (κ3) is 4.37. The Bertz CT molecular complexity index is 953. The molecule has 0 N–H and O–H groups in total. The van der Waals surface area contributed by atoms with E-state index in [0.717, 1.165) is 34.9 Å². The van der Waals surface area contributed by atoms with Crippen LogP contribution in [0.2, 0.25) is 10.0 Å². The zero-order valence-corrected chi connectivity index (χ0v) is 17.6. The number of benzene rings is 2. The summed E-state index contributed by atoms with van der Waals surface area (Å²) in [5, 5.41) is 11.0. The van der Waals surface area contributed by atoms with Crippen molar-refractivity contribution in [1.29, 1.82) is 0 Å². The highest BCUT2D eigenvalue weighted by molar-refractivity contribution is 7.98. The van der Waals surface area contributed by atoms with Crippen molar-refractivity contribution >= 4 is 35.0 Å². The van der Waals surface area contributed by atoms with Gasteiger partial charge in [0.2, 0.25) is 0 Å². The van der Waals surface area contributed by atoms with Gasteiger partial charge >= 0.3 is 0 Å². The average Bonchev–Trinajstić information content (AvgIpc) is 3.12. The molecule has 0 spiro atoms. The van der Waals surface area contributed by atoms with Crippen molar-refractivity contribution in [1.82, 2.24) is 14.8 Å². The Morgan fingerprint density at radius 1 is 1.00 bits per heavy atom. The first-order chi connectivity index (χ1) is 13.6. The zero-order chi connectivity index (χ0) is 19.5. The molecule has 0 bridgehead atoms. The van der Waals surface area contributed by atoms with Gasteiger partial charge in [-0.1, -0.05) is 66.4 Å². The van der Waals surface area contributed by atoms with Crippen molar-refractivity contribution < 1.29 is 4.39 Å². The number of halogens is 3. The summed E-state index contributed by atoms with van der Waals surface area (Å²) in [6, 6.07) is 12.4. The Morgan fingerprint density at radius 3 is 2.46 bits per heavy atom. The number of nitrogens with zero attached hydrogens (tertiary/aromatic N) is 3. The minimum Gasteiger partial charge on any atom is -0.299 e. The van der Waals surface area contributed by atoms with Gasteiger partial charge in [-0.2, -0.15) is 0 Å². The molecule has 1 aliphatic carbocycles. The second-order valence-corrected chi connectivity index (χ2v) is 8.79. The summed E-state index contributed by atoms with van der Waals surface area (Å²) in [7, 11) is 0. The maximum absolute atomic E-state index is 13.2. The van der Waals surface area contributed by atoms with E-state index in [1.807, 2.05) is 12.1 Å². The van der Waals surface area contributed by atoms with Crippen molar-refractivity contribution in [3.63, 3.8) is 0 Å². The van der Waals surface area contributed by atoms with E-state index in [1.165, 1.54) is 31.4 Å². The molecule has 0 aliphatic heterocycles. The van der Waals surface area contributed by atoms with Gasteiger partial charge in [0.1, 0.15) is 5.82 Å². The van der Waals surface area contributed by atoms with Gasteiger partial charge in [-0.05, 0) is 48.7 Å². The lowest BCUT2D eigenvalue weighted by Crippen LogP contribution is -2.15. The average molecular weight is 436 g/mol. The fourth-order valence-electron chi connectivity index (χ4n) is 3.63. The molecule has 146 valence electrons. The molecule has 2 aromatic carbocycles. The Labute approximate surface area is 178 Å². The lowest BCUT2D eigenvalue weighted by molar-refractivity contribution is 0.339. The lowest BCUT2D eigenvalue weighted by atomic mass is 9.95. The molecule has 3 aromatic rings. The molecule has 0 atom stereocenters. The topological polar surface area (TPSA) is 30.7 Å². The smallest absolute Gasteiger partial charge is 0.192 e. The van der Waals surface area contributed by atoms with Crippen LogP contribution in [-0.2, 0) is 5.75 Å². The summed E-state index contributed by atoms with van der Waals surface area (Å²) < 4.78 is 15.4. The molecular weight excluding hydrogens is 416 g/mol. The monoisotopic (exact) mass is 435 g/mol. The summed E-state index contributed by atoms with van der Waals surface area (Å²) in [6.45, 7) is 0. The lowest BCUT2D eigenvalue weighted by Gasteiger charge is -2.25. The van der Waals surface area contributed by atoms with E-state index in [9.17, 15) is 4.39 Å². The van der Waals surface area contributed by atoms with Crippen molar-refractivity contribution in [3.8, 4) is 11.4 Å². The molecule has 1 aliphatic rings. The molecule has 3 nitrogen and oxygen atoms in total. The van der Waals surface area contributed by atoms with E-state index in [0.29, 0.717) is 21.8 Å². The molecule has 1 aromatic heterocycles. The maximum Gasteiger partial charge on any atom is 0.192 e. The third-order valence-electron chi connectivity index (χ3n) is 5.06. The predicted octanol–water partition coefficient (Wildman–Crippen LogP) is 7.19. The zero-order valence-electron chi connectivity index (χ0n) is 15.2. The van der Waals surface area contributed by atoms with E-state index in [4.69, 9.17) is 23.2 Å². The van der Waals surface area contributed by atoms with E-state index in [2.05, 4.69) is 14.8 Å². The fourth-order valence-corrected chi connectivity index (χ4v) is 5.08. The molecule has 0 amide bonds. The van der Waals surface area contributed by atoms with E-state index in [-0.39, 0.29) is 5.82 Å². The van der Waals surface area contributed by atoms with Crippen molar-refractivity contribution in [2.45, 2.75) is 49.1 Å². The molecule has 4 rings (SSSR count). The first-order valence-corrected chi connectivity index (χ1v) is 11.1. The first kappa shape index (κ1) is 19.7. The highest BCUT2D eigenvalue weighted by Gasteiger charge is 2.25. The van der Waals surface area contributed by atoms with Gasteiger partial charge in [0.15, 0.2) is 11.0 Å². The van der Waals surface area contributed by atoms with Gasteiger partial charge in [0.25, 0.3) is 0 Å². The highest BCUT2D eigenvalue weighted by Crippen LogP contribution is 2.38. The van der Waals surface area contributed by atoms with Crippen molar-refractivity contribution in [2.24, 2.45) is 0 Å². The Kier molecular flexibility index (Phi) is 6.24. The Morgan fingerprint density at radius 2 is 1.75 bits per heavy atom. The number of thioether (sulfide) groups is 1. The first-order valence-electron chi connectivity index (χ1n) is 9.39. The van der Waals surface area contributed by atoms with Crippen LogP contribution in [0.1, 0.15) is 43.7 Å². The summed E-state index contributed by atoms with van der Waals surface area (Å²) in [5.74, 6) is 1.27. The standard InChI is InChI=1S/C21H20Cl2FN3S/c22-15-8-11-18(19(23)12-15)20-25-26-21(27(20)17-4-2-1-3-5-17)28-13-14-6-9-16(24)10-7-14/h6-12,17H,1-5,13H2. The van der Waals surface area contributed by atoms with E-state index in [1.54, 1.807) is 30.0 Å². The molecule has 1 fully saturated rings. The van der Waals surface area contributed by atoms with Crippen LogP contribution in [0.5, 0.6) is 0 Å². The van der Waals surface area contributed by atoms with Gasteiger partial charge in [-0.3, -0.25) is 4.57 Å². The molecule has 7 heteroatoms. The number of hydrogen-bond donors (Lipinski definition) is 0. The van der Waals surface area contributed by atoms with Crippen LogP contribution in [0.4, 0.5) is 4.39 Å². The van der Waals surface area contributed by atoms with Crippen LogP contribution in [-0.4, -0.2) is 14.8 Å². The molecule has 1 heterocycles. The second-order valence-electron chi connectivity index (χ2n) is 7.01. The third-order valence-corrected chi connectivity index (χ3v) is 6.62. The summed E-state index contributed by atoms with van der Waals surface area (Å²) in [6.07, 6.45) is 5.91. The number of rotatable bonds is 5. The molecular formula is C21H20Cl2FN3S. The quantitative estimate of drug-likeness (QED) is 0.397. The molecule has 1 saturated carbocycles. The molecule has 0 saturated heterocycles. The normalized spacial score (nSPS) is 15.1. The summed E-state index contributed by atoms with van der Waals surface area (Å²) >= 11 is 14.2. The van der Waals surface area contributed by atoms with Crippen molar-refractivity contribution in [3.05, 3.63) is 63.9 Å². The highest BCUT2D eigenvalue weighted by atomic mass is 35.5. The number of hydrogen-bond acceptors (Lipinski definition) is 3. The minimum absolute atomic E-state index is 0.223. The van der Waals surface area contributed by atoms with Crippen LogP contribution in [0.15, 0.2) is 47.6 Å². The Hall–Kier alpha value is -1.56. The van der Waals surface area contributed by atoms with Crippen LogP contribution in [0, 0.1) is 5.82 Å². The van der Waals surface area contributed by atoms with Gasteiger partial charge in [0, 0.05) is 22.4 Å². The maximum atomic E-state index is 13.2. The second kappa shape index (κ2) is 8.85. The number of aromatic nitrogens is 3. The van der Waals surface area contributed by atoms with Gasteiger partial charge in [-0.25, -0.2) is 4.39 Å². The molecule has 0 unspecified atom stereocenters. The van der Waals surface area contributed by atoms with Gasteiger partial charge in [0.05, 0.1) is 5.02 Å². The van der Waals surface area contributed by atoms with E-state index < -0.39 is 0 Å². The largest absolute Gasteiger partial charge is 0.299 e. The summed E-state index contributed by atoms with van der Waals surface area (Å²) in [4.78, 5) is 0. The van der Waals surface area contributed by atoms with Crippen LogP contribution >= 0.6 is 35.0 Å². The fraction of sp³-hybridized carbons (Fsp3) is 0.333.